The third-order valence-electron chi connectivity index (χ3n) is 8.98. The minimum absolute atomic E-state index is 0.0312. The summed E-state index contributed by atoms with van der Waals surface area (Å²) in [6.07, 6.45) is 5.29. The summed E-state index contributed by atoms with van der Waals surface area (Å²) in [5.74, 6) is -0.114. The van der Waals surface area contributed by atoms with E-state index in [2.05, 4.69) is 5.32 Å². The lowest BCUT2D eigenvalue weighted by Crippen LogP contribution is -2.55. The fraction of sp³-hybridized carbons (Fsp3) is 0.333. The molecule has 1 aliphatic carbocycles. The van der Waals surface area contributed by atoms with Crippen LogP contribution in [0.25, 0.3) is 0 Å². The zero-order valence-corrected chi connectivity index (χ0v) is 28.8. The van der Waals surface area contributed by atoms with Crippen LogP contribution in [0.1, 0.15) is 54.4 Å². The summed E-state index contributed by atoms with van der Waals surface area (Å²) >= 11 is 0. The van der Waals surface area contributed by atoms with Crippen molar-refractivity contribution in [3.63, 3.8) is 0 Å². The molecule has 0 spiro atoms. The van der Waals surface area contributed by atoms with Gasteiger partial charge in [0.05, 0.1) is 17.7 Å². The molecule has 0 aliphatic heterocycles. The molecule has 1 N–H and O–H groups in total. The summed E-state index contributed by atoms with van der Waals surface area (Å²) in [6, 6.07) is 29.8. The highest BCUT2D eigenvalue weighted by molar-refractivity contribution is 7.92. The Balaban J connectivity index is 1.58. The normalized spacial score (nSPS) is 14.1. The molecule has 1 fully saturated rings. The number of rotatable bonds is 13. The molecule has 0 radical (unpaired) electrons. The summed E-state index contributed by atoms with van der Waals surface area (Å²) in [5, 5.41) is 3.25. The van der Waals surface area contributed by atoms with E-state index in [1.165, 1.54) is 9.21 Å². The fourth-order valence-electron chi connectivity index (χ4n) is 6.26. The number of nitrogens with zero attached hydrogens (tertiary/aromatic N) is 2. The quantitative estimate of drug-likeness (QED) is 0.174. The van der Waals surface area contributed by atoms with Gasteiger partial charge < -0.3 is 15.0 Å². The number of benzene rings is 4. The maximum atomic E-state index is 14.8. The van der Waals surface area contributed by atoms with E-state index in [0.29, 0.717) is 17.0 Å². The second kappa shape index (κ2) is 16.0. The zero-order valence-electron chi connectivity index (χ0n) is 28.0. The van der Waals surface area contributed by atoms with Crippen LogP contribution in [0.3, 0.4) is 0 Å². The van der Waals surface area contributed by atoms with Gasteiger partial charge >= 0.3 is 0 Å². The van der Waals surface area contributed by atoms with Crippen LogP contribution in [0, 0.1) is 13.8 Å². The van der Waals surface area contributed by atoms with E-state index < -0.39 is 28.5 Å². The minimum Gasteiger partial charge on any atom is -0.497 e. The molecule has 9 heteroatoms. The van der Waals surface area contributed by atoms with Crippen molar-refractivity contribution in [1.29, 1.82) is 0 Å². The average molecular weight is 668 g/mol. The van der Waals surface area contributed by atoms with Gasteiger partial charge in [0.25, 0.3) is 10.0 Å². The van der Waals surface area contributed by atoms with E-state index >= 15 is 0 Å². The molecular weight excluding hydrogens is 623 g/mol. The number of carbonyl (C=O) groups excluding carboxylic acids is 2. The number of anilines is 1. The largest absolute Gasteiger partial charge is 0.497 e. The molecule has 252 valence electrons. The Morgan fingerprint density at radius 2 is 1.50 bits per heavy atom. The fourth-order valence-corrected chi connectivity index (χ4v) is 7.74. The number of sulfonamides is 1. The molecule has 4 aromatic carbocycles. The number of ether oxygens (including phenoxy) is 1. The first-order valence-corrected chi connectivity index (χ1v) is 18.0. The molecule has 48 heavy (non-hydrogen) atoms. The molecule has 0 unspecified atom stereocenters. The number of hydrogen-bond acceptors (Lipinski definition) is 5. The molecular formula is C39H45N3O5S. The first kappa shape index (κ1) is 34.7. The van der Waals surface area contributed by atoms with Crippen molar-refractivity contribution in [3.8, 4) is 5.75 Å². The van der Waals surface area contributed by atoms with Gasteiger partial charge in [-0.3, -0.25) is 13.9 Å². The monoisotopic (exact) mass is 667 g/mol. The Labute approximate surface area is 284 Å². The Bertz CT molecular complexity index is 1790. The Kier molecular flexibility index (Phi) is 11.5. The Morgan fingerprint density at radius 3 is 2.19 bits per heavy atom. The average Bonchev–Trinajstić information content (AvgIpc) is 3.10. The van der Waals surface area contributed by atoms with Gasteiger partial charge in [-0.25, -0.2) is 8.42 Å². The van der Waals surface area contributed by atoms with Crippen LogP contribution >= 0.6 is 0 Å². The number of nitrogens with one attached hydrogen (secondary N) is 1. The maximum Gasteiger partial charge on any atom is 0.264 e. The van der Waals surface area contributed by atoms with Gasteiger partial charge in [0.2, 0.25) is 11.8 Å². The van der Waals surface area contributed by atoms with Gasteiger partial charge in [-0.15, -0.1) is 0 Å². The number of aryl methyl sites for hydroxylation is 2. The number of amides is 2. The maximum absolute atomic E-state index is 14.8. The van der Waals surface area contributed by atoms with Gasteiger partial charge in [-0.05, 0) is 73.7 Å². The Hall–Kier alpha value is -4.63. The first-order valence-electron chi connectivity index (χ1n) is 16.6. The van der Waals surface area contributed by atoms with E-state index in [1.54, 1.807) is 43.5 Å². The predicted octanol–water partition coefficient (Wildman–Crippen LogP) is 6.60. The van der Waals surface area contributed by atoms with Gasteiger partial charge in [-0.1, -0.05) is 97.6 Å². The van der Waals surface area contributed by atoms with Gasteiger partial charge in [0.15, 0.2) is 0 Å². The summed E-state index contributed by atoms with van der Waals surface area (Å²) in [5.41, 5.74) is 3.68. The number of hydrogen-bond donors (Lipinski definition) is 1. The van der Waals surface area contributed by atoms with E-state index in [4.69, 9.17) is 4.74 Å². The zero-order chi connectivity index (χ0) is 34.1. The van der Waals surface area contributed by atoms with Crippen LogP contribution in [0.5, 0.6) is 5.75 Å². The first-order chi connectivity index (χ1) is 23.2. The van der Waals surface area contributed by atoms with E-state index in [-0.39, 0.29) is 29.8 Å². The van der Waals surface area contributed by atoms with Crippen molar-refractivity contribution < 1.29 is 22.7 Å². The highest BCUT2D eigenvalue weighted by Gasteiger charge is 2.35. The minimum atomic E-state index is -4.17. The summed E-state index contributed by atoms with van der Waals surface area (Å²) < 4.78 is 35.3. The highest BCUT2D eigenvalue weighted by Crippen LogP contribution is 2.28. The molecule has 5 rings (SSSR count). The lowest BCUT2D eigenvalue weighted by molar-refractivity contribution is -0.140. The summed E-state index contributed by atoms with van der Waals surface area (Å²) in [4.78, 5) is 30.7. The Morgan fingerprint density at radius 1 is 0.833 bits per heavy atom. The second-order valence-electron chi connectivity index (χ2n) is 12.5. The second-order valence-corrected chi connectivity index (χ2v) is 14.4. The SMILES string of the molecule is COc1cccc(CN(C(=O)CN(c2ccccc2C)S(=O)(=O)c2ccc(C)cc2)[C@@H](Cc2ccccc2)C(=O)NC2CCCCC2)c1. The molecule has 0 aromatic heterocycles. The molecule has 0 heterocycles. The summed E-state index contributed by atoms with van der Waals surface area (Å²) in [7, 11) is -2.59. The van der Waals surface area contributed by atoms with Gasteiger partial charge in [0.1, 0.15) is 18.3 Å². The number of para-hydroxylation sites is 1. The topological polar surface area (TPSA) is 96.0 Å². The third-order valence-corrected chi connectivity index (χ3v) is 10.8. The lowest BCUT2D eigenvalue weighted by Gasteiger charge is -2.35. The predicted molar refractivity (Wildman–Crippen MR) is 189 cm³/mol. The van der Waals surface area contributed by atoms with Gasteiger partial charge in [-0.2, -0.15) is 0 Å². The molecule has 1 atom stereocenters. The smallest absolute Gasteiger partial charge is 0.264 e. The van der Waals surface area contributed by atoms with Crippen molar-refractivity contribution in [2.24, 2.45) is 0 Å². The molecule has 2 amide bonds. The molecule has 1 aliphatic rings. The van der Waals surface area contributed by atoms with Gasteiger partial charge in [0, 0.05) is 19.0 Å². The van der Waals surface area contributed by atoms with Crippen LogP contribution in [0.2, 0.25) is 0 Å². The molecule has 1 saturated carbocycles. The molecule has 4 aromatic rings. The van der Waals surface area contributed by atoms with Crippen LogP contribution < -0.4 is 14.4 Å². The van der Waals surface area contributed by atoms with Crippen molar-refractivity contribution in [1.82, 2.24) is 10.2 Å². The standard InChI is InChI=1S/C39H45N3O5S/c1-29-21-23-35(24-22-29)48(45,46)42(36-20-11-10-13-30(36)2)28-38(43)41(27-32-16-12-19-34(25-32)47-3)37(26-31-14-6-4-7-15-31)39(44)40-33-17-8-5-9-18-33/h4,6-7,10-16,19-25,33,37H,5,8-9,17-18,26-28H2,1-3H3,(H,40,44)/t37-/m0/s1. The van der Waals surface area contributed by atoms with Crippen molar-refractivity contribution in [2.75, 3.05) is 18.0 Å². The van der Waals surface area contributed by atoms with E-state index in [1.807, 2.05) is 80.6 Å². The van der Waals surface area contributed by atoms with Crippen molar-refractivity contribution in [2.45, 2.75) is 75.9 Å². The van der Waals surface area contributed by atoms with Crippen LogP contribution in [-0.2, 0) is 32.6 Å². The molecule has 8 nitrogen and oxygen atoms in total. The third kappa shape index (κ3) is 8.63. The van der Waals surface area contributed by atoms with Crippen LogP contribution in [-0.4, -0.2) is 50.9 Å². The lowest BCUT2D eigenvalue weighted by atomic mass is 9.94. The highest BCUT2D eigenvalue weighted by atomic mass is 32.2. The number of methoxy groups -OCH3 is 1. The molecule has 0 saturated heterocycles. The van der Waals surface area contributed by atoms with Crippen molar-refractivity contribution in [3.05, 3.63) is 125 Å². The van der Waals surface area contributed by atoms with Crippen LogP contribution in [0.4, 0.5) is 5.69 Å². The van der Waals surface area contributed by atoms with E-state index in [9.17, 15) is 18.0 Å². The van der Waals surface area contributed by atoms with E-state index in [0.717, 1.165) is 48.8 Å². The van der Waals surface area contributed by atoms with Crippen molar-refractivity contribution >= 4 is 27.5 Å². The molecule has 0 bridgehead atoms. The van der Waals surface area contributed by atoms with Crippen LogP contribution in [0.15, 0.2) is 108 Å². The number of carbonyl (C=O) groups is 2. The summed E-state index contributed by atoms with van der Waals surface area (Å²) in [6.45, 7) is 3.30.